The zero-order valence-corrected chi connectivity index (χ0v) is 13.1. The predicted octanol–water partition coefficient (Wildman–Crippen LogP) is 0.698. The van der Waals surface area contributed by atoms with E-state index in [0.29, 0.717) is 0 Å². The Bertz CT molecular complexity index is 507. The van der Waals surface area contributed by atoms with Gasteiger partial charge in [-0.1, -0.05) is 46.3 Å². The van der Waals surface area contributed by atoms with Gasteiger partial charge in [-0.3, -0.25) is 14.4 Å². The smallest absolute Gasteiger partial charge is 0.325 e. The number of rotatable bonds is 7. The van der Waals surface area contributed by atoms with E-state index in [-0.39, 0.29) is 17.7 Å². The maximum Gasteiger partial charge on any atom is 0.325 e. The highest BCUT2D eigenvalue weighted by molar-refractivity contribution is 9.09. The molecule has 3 N–H and O–H groups in total. The van der Waals surface area contributed by atoms with Gasteiger partial charge in [0.15, 0.2) is 0 Å². The molecule has 0 bridgehead atoms. The van der Waals surface area contributed by atoms with Gasteiger partial charge in [0.05, 0.1) is 5.33 Å². The van der Waals surface area contributed by atoms with Gasteiger partial charge in [-0.25, -0.2) is 0 Å². The normalized spacial score (nSPS) is 13.0. The molecule has 0 saturated heterocycles. The summed E-state index contributed by atoms with van der Waals surface area (Å²) >= 11 is 3.01. The maximum atomic E-state index is 12.1. The van der Waals surface area contributed by atoms with Crippen LogP contribution in [0.2, 0.25) is 0 Å². The zero-order chi connectivity index (χ0) is 15.8. The number of halogens is 1. The van der Waals surface area contributed by atoms with Crippen molar-refractivity contribution in [3.05, 3.63) is 35.9 Å². The van der Waals surface area contributed by atoms with Crippen molar-refractivity contribution in [3.63, 3.8) is 0 Å². The number of nitrogens with one attached hydrogen (secondary N) is 2. The molecule has 0 aliphatic heterocycles. The lowest BCUT2D eigenvalue weighted by molar-refractivity contribution is -0.141. The van der Waals surface area contributed by atoms with Gasteiger partial charge in [0, 0.05) is 6.42 Å². The third kappa shape index (κ3) is 5.95. The van der Waals surface area contributed by atoms with E-state index in [4.69, 9.17) is 5.11 Å². The van der Waals surface area contributed by atoms with Crippen LogP contribution in [-0.4, -0.2) is 40.3 Å². The van der Waals surface area contributed by atoms with Gasteiger partial charge in [0.25, 0.3) is 0 Å². The largest absolute Gasteiger partial charge is 0.480 e. The van der Waals surface area contributed by atoms with Crippen molar-refractivity contribution < 1.29 is 19.5 Å². The maximum absolute atomic E-state index is 12.1. The number of carbonyl (C=O) groups is 3. The lowest BCUT2D eigenvalue weighted by atomic mass is 10.0. The number of hydrogen-bond acceptors (Lipinski definition) is 3. The monoisotopic (exact) mass is 356 g/mol. The molecule has 21 heavy (non-hydrogen) atoms. The molecule has 1 aromatic carbocycles. The van der Waals surface area contributed by atoms with Crippen molar-refractivity contribution in [1.82, 2.24) is 10.6 Å². The lowest BCUT2D eigenvalue weighted by Gasteiger charge is -2.19. The second-order valence-electron chi connectivity index (χ2n) is 4.51. The summed E-state index contributed by atoms with van der Waals surface area (Å²) in [5, 5.41) is 13.8. The first kappa shape index (κ1) is 17.2. The van der Waals surface area contributed by atoms with E-state index in [1.165, 1.54) is 6.92 Å². The van der Waals surface area contributed by atoms with Crippen LogP contribution in [0.25, 0.3) is 0 Å². The van der Waals surface area contributed by atoms with Crippen LogP contribution in [0.1, 0.15) is 12.5 Å². The summed E-state index contributed by atoms with van der Waals surface area (Å²) in [6.07, 6.45) is 0.289. The number of carbonyl (C=O) groups excluding carboxylic acids is 2. The van der Waals surface area contributed by atoms with Gasteiger partial charge >= 0.3 is 5.97 Å². The first-order chi connectivity index (χ1) is 9.93. The van der Waals surface area contributed by atoms with Gasteiger partial charge in [-0.15, -0.1) is 0 Å². The summed E-state index contributed by atoms with van der Waals surface area (Å²) in [5.41, 5.74) is 0.871. The topological polar surface area (TPSA) is 95.5 Å². The Morgan fingerprint density at radius 2 is 1.81 bits per heavy atom. The average molecular weight is 357 g/mol. The summed E-state index contributed by atoms with van der Waals surface area (Å²) < 4.78 is 0. The molecule has 6 nitrogen and oxygen atoms in total. The van der Waals surface area contributed by atoms with Crippen molar-refractivity contribution in [2.75, 3.05) is 5.33 Å². The minimum Gasteiger partial charge on any atom is -0.480 e. The number of carboxylic acids is 1. The Morgan fingerprint density at radius 1 is 1.19 bits per heavy atom. The number of aliphatic carboxylic acids is 1. The van der Waals surface area contributed by atoms with E-state index < -0.39 is 24.0 Å². The molecular weight excluding hydrogens is 340 g/mol. The SMILES string of the molecule is C[C@H](NC(=O)[C@H](Cc1ccccc1)NC(=O)CBr)C(=O)O. The highest BCUT2D eigenvalue weighted by Gasteiger charge is 2.24. The van der Waals surface area contributed by atoms with Crippen LogP contribution in [0.3, 0.4) is 0 Å². The van der Waals surface area contributed by atoms with Crippen LogP contribution in [0.4, 0.5) is 0 Å². The molecule has 0 heterocycles. The molecule has 0 aliphatic rings. The summed E-state index contributed by atoms with van der Waals surface area (Å²) in [7, 11) is 0. The molecule has 0 aliphatic carbocycles. The van der Waals surface area contributed by atoms with Gasteiger partial charge in [-0.2, -0.15) is 0 Å². The molecule has 2 amide bonds. The van der Waals surface area contributed by atoms with E-state index in [2.05, 4.69) is 26.6 Å². The van der Waals surface area contributed by atoms with Crippen molar-refractivity contribution in [1.29, 1.82) is 0 Å². The van der Waals surface area contributed by atoms with Crippen LogP contribution in [0, 0.1) is 0 Å². The third-order valence-electron chi connectivity index (χ3n) is 2.78. The zero-order valence-electron chi connectivity index (χ0n) is 11.5. The van der Waals surface area contributed by atoms with Gasteiger partial charge in [-0.05, 0) is 12.5 Å². The molecule has 1 rings (SSSR count). The van der Waals surface area contributed by atoms with Crippen molar-refractivity contribution in [2.45, 2.75) is 25.4 Å². The van der Waals surface area contributed by atoms with Crippen LogP contribution in [0.5, 0.6) is 0 Å². The predicted molar refractivity (Wildman–Crippen MR) is 81.1 cm³/mol. The molecular formula is C14H17BrN2O4. The molecule has 0 radical (unpaired) electrons. The molecule has 114 valence electrons. The summed E-state index contributed by atoms with van der Waals surface area (Å²) in [4.78, 5) is 34.4. The molecule has 0 aromatic heterocycles. The molecule has 7 heteroatoms. The van der Waals surface area contributed by atoms with Crippen LogP contribution >= 0.6 is 15.9 Å². The van der Waals surface area contributed by atoms with E-state index >= 15 is 0 Å². The molecule has 0 saturated carbocycles. The number of carboxylic acid groups (broad SMARTS) is 1. The summed E-state index contributed by atoms with van der Waals surface area (Å²) in [5.74, 6) is -1.99. The van der Waals surface area contributed by atoms with E-state index in [9.17, 15) is 14.4 Å². The first-order valence-corrected chi connectivity index (χ1v) is 7.48. The fourth-order valence-electron chi connectivity index (χ4n) is 1.67. The standard InChI is InChI=1S/C14H17BrN2O4/c1-9(14(20)21)16-13(19)11(17-12(18)8-15)7-10-5-3-2-4-6-10/h2-6,9,11H,7-8H2,1H3,(H,16,19)(H,17,18)(H,20,21)/t9-,11-/m0/s1. The molecule has 0 unspecified atom stereocenters. The quantitative estimate of drug-likeness (QED) is 0.626. The number of hydrogen-bond donors (Lipinski definition) is 3. The first-order valence-electron chi connectivity index (χ1n) is 6.36. The van der Waals surface area contributed by atoms with Crippen LogP contribution in [-0.2, 0) is 20.8 Å². The Morgan fingerprint density at radius 3 is 2.33 bits per heavy atom. The minimum absolute atomic E-state index is 0.0695. The fraction of sp³-hybridized carbons (Fsp3) is 0.357. The third-order valence-corrected chi connectivity index (χ3v) is 3.29. The van der Waals surface area contributed by atoms with Crippen molar-refractivity contribution in [2.24, 2.45) is 0 Å². The number of benzene rings is 1. The Kier molecular flexibility index (Phi) is 6.87. The minimum atomic E-state index is -1.13. The molecule has 1 aromatic rings. The van der Waals surface area contributed by atoms with Gasteiger partial charge < -0.3 is 15.7 Å². The van der Waals surface area contributed by atoms with E-state index in [1.54, 1.807) is 0 Å². The van der Waals surface area contributed by atoms with E-state index in [1.807, 2.05) is 30.3 Å². The molecule has 0 fully saturated rings. The van der Waals surface area contributed by atoms with E-state index in [0.717, 1.165) is 5.56 Å². The van der Waals surface area contributed by atoms with Gasteiger partial charge in [0.1, 0.15) is 12.1 Å². The van der Waals surface area contributed by atoms with Crippen molar-refractivity contribution in [3.8, 4) is 0 Å². The Balaban J connectivity index is 2.78. The Hall–Kier alpha value is -1.89. The van der Waals surface area contributed by atoms with Crippen LogP contribution < -0.4 is 10.6 Å². The van der Waals surface area contributed by atoms with Crippen molar-refractivity contribution >= 4 is 33.7 Å². The average Bonchev–Trinajstić information content (AvgIpc) is 2.47. The highest BCUT2D eigenvalue weighted by Crippen LogP contribution is 2.04. The summed E-state index contributed by atoms with van der Waals surface area (Å²) in [6.45, 7) is 1.37. The Labute approximate surface area is 131 Å². The molecule has 0 spiro atoms. The van der Waals surface area contributed by atoms with Gasteiger partial charge in [0.2, 0.25) is 11.8 Å². The number of amides is 2. The fourth-order valence-corrected chi connectivity index (χ4v) is 1.83. The second kappa shape index (κ2) is 8.41. The van der Waals surface area contributed by atoms with Crippen LogP contribution in [0.15, 0.2) is 30.3 Å². The highest BCUT2D eigenvalue weighted by atomic mass is 79.9. The lowest BCUT2D eigenvalue weighted by Crippen LogP contribution is -2.52. The second-order valence-corrected chi connectivity index (χ2v) is 5.07. The summed E-state index contributed by atoms with van der Waals surface area (Å²) in [6, 6.07) is 7.34. The number of alkyl halides is 1. The molecule has 2 atom stereocenters.